The second-order valence-corrected chi connectivity index (χ2v) is 7.78. The van der Waals surface area contributed by atoms with E-state index in [1.807, 2.05) is 13.8 Å². The lowest BCUT2D eigenvalue weighted by Gasteiger charge is -2.16. The number of hydrogen-bond acceptors (Lipinski definition) is 4. The number of hydrogen-bond donors (Lipinski definition) is 1. The van der Waals surface area contributed by atoms with Crippen molar-refractivity contribution in [2.45, 2.75) is 70.7 Å². The van der Waals surface area contributed by atoms with Gasteiger partial charge in [-0.3, -0.25) is 13.9 Å². The third-order valence-corrected chi connectivity index (χ3v) is 6.22. The minimum atomic E-state index is -0.239. The van der Waals surface area contributed by atoms with Gasteiger partial charge < -0.3 is 9.72 Å². The van der Waals surface area contributed by atoms with Crippen molar-refractivity contribution < 1.29 is 4.74 Å². The minimum Gasteiger partial charge on any atom is -0.369 e. The Balaban J connectivity index is 1.65. The molecule has 5 rings (SSSR count). The van der Waals surface area contributed by atoms with E-state index in [9.17, 15) is 9.59 Å². The number of nitrogens with zero attached hydrogens (tertiary/aromatic N) is 3. The summed E-state index contributed by atoms with van der Waals surface area (Å²) in [7, 11) is 0. The van der Waals surface area contributed by atoms with Gasteiger partial charge in [-0.25, -0.2) is 9.78 Å². The molecule has 3 aliphatic rings. The average Bonchev–Trinajstić information content (AvgIpc) is 2.99. The highest BCUT2D eigenvalue weighted by Gasteiger charge is 2.63. The van der Waals surface area contributed by atoms with Gasteiger partial charge in [-0.05, 0) is 37.5 Å². The second-order valence-electron chi connectivity index (χ2n) is 7.78. The molecule has 2 aliphatic carbocycles. The van der Waals surface area contributed by atoms with E-state index in [-0.39, 0.29) is 11.2 Å². The number of aromatic amines is 1. The molecule has 7 nitrogen and oxygen atoms in total. The predicted octanol–water partition coefficient (Wildman–Crippen LogP) is 1.60. The molecule has 1 N–H and O–H groups in total. The van der Waals surface area contributed by atoms with Crippen molar-refractivity contribution in [2.24, 2.45) is 11.8 Å². The van der Waals surface area contributed by atoms with Crippen molar-refractivity contribution in [3.8, 4) is 0 Å². The summed E-state index contributed by atoms with van der Waals surface area (Å²) in [6.07, 6.45) is 4.73. The van der Waals surface area contributed by atoms with Gasteiger partial charge in [-0.2, -0.15) is 0 Å². The van der Waals surface area contributed by atoms with Gasteiger partial charge in [0.2, 0.25) is 0 Å². The molecule has 0 spiro atoms. The molecule has 0 radical (unpaired) electrons. The molecule has 2 bridgehead atoms. The van der Waals surface area contributed by atoms with Crippen molar-refractivity contribution >= 4 is 11.2 Å². The summed E-state index contributed by atoms with van der Waals surface area (Å²) < 4.78 is 8.77. The number of imidazole rings is 1. The van der Waals surface area contributed by atoms with Crippen LogP contribution in [0.3, 0.4) is 0 Å². The average molecular weight is 344 g/mol. The third kappa shape index (κ3) is 2.05. The first-order valence-corrected chi connectivity index (χ1v) is 9.52. The number of fused-ring (bicyclic) bond motifs is 6. The van der Waals surface area contributed by atoms with E-state index in [4.69, 9.17) is 9.72 Å². The number of epoxide rings is 1. The first-order chi connectivity index (χ1) is 12.1. The Morgan fingerprint density at radius 2 is 1.88 bits per heavy atom. The molecular weight excluding hydrogens is 320 g/mol. The van der Waals surface area contributed by atoms with Crippen LogP contribution in [0.2, 0.25) is 0 Å². The van der Waals surface area contributed by atoms with E-state index < -0.39 is 0 Å². The molecule has 2 aromatic heterocycles. The zero-order valence-electron chi connectivity index (χ0n) is 14.7. The van der Waals surface area contributed by atoms with Crippen LogP contribution >= 0.6 is 0 Å². The van der Waals surface area contributed by atoms with Gasteiger partial charge in [0, 0.05) is 19.0 Å². The van der Waals surface area contributed by atoms with Crippen molar-refractivity contribution in [3.05, 3.63) is 26.7 Å². The molecule has 0 aromatic carbocycles. The van der Waals surface area contributed by atoms with Crippen molar-refractivity contribution in [1.29, 1.82) is 0 Å². The Labute approximate surface area is 145 Å². The highest BCUT2D eigenvalue weighted by Crippen LogP contribution is 2.61. The molecular formula is C18H24N4O3. The van der Waals surface area contributed by atoms with Crippen LogP contribution in [0, 0.1) is 11.8 Å². The molecule has 3 unspecified atom stereocenters. The fraction of sp³-hybridized carbons (Fsp3) is 0.722. The normalized spacial score (nSPS) is 32.5. The van der Waals surface area contributed by atoms with Gasteiger partial charge >= 0.3 is 5.69 Å². The summed E-state index contributed by atoms with van der Waals surface area (Å²) >= 11 is 0. The first kappa shape index (κ1) is 15.4. The lowest BCUT2D eigenvalue weighted by Crippen LogP contribution is -2.40. The summed E-state index contributed by atoms with van der Waals surface area (Å²) in [5, 5.41) is 0. The molecule has 1 aliphatic heterocycles. The SMILES string of the molecule is CCCn1c(=O)c2[nH]c(C3CC4CC3[C@@H]3O[C@H]43)nc2n(CCC)c1=O. The zero-order valence-corrected chi connectivity index (χ0v) is 14.7. The molecule has 1 saturated heterocycles. The maximum atomic E-state index is 12.8. The van der Waals surface area contributed by atoms with Crippen LogP contribution in [0.25, 0.3) is 11.2 Å². The van der Waals surface area contributed by atoms with Crippen LogP contribution in [0.15, 0.2) is 9.59 Å². The minimum absolute atomic E-state index is 0.238. The molecule has 7 heteroatoms. The quantitative estimate of drug-likeness (QED) is 0.835. The molecule has 25 heavy (non-hydrogen) atoms. The molecule has 0 amide bonds. The Hall–Kier alpha value is -1.89. The lowest BCUT2D eigenvalue weighted by molar-refractivity contribution is 0.260. The second kappa shape index (κ2) is 5.30. The topological polar surface area (TPSA) is 85.2 Å². The Kier molecular flexibility index (Phi) is 3.26. The van der Waals surface area contributed by atoms with E-state index in [0.29, 0.717) is 54.2 Å². The number of nitrogens with one attached hydrogen (secondary N) is 1. The fourth-order valence-corrected chi connectivity index (χ4v) is 5.12. The van der Waals surface area contributed by atoms with Crippen LogP contribution < -0.4 is 11.2 Å². The van der Waals surface area contributed by atoms with Crippen LogP contribution in [-0.4, -0.2) is 31.3 Å². The summed E-state index contributed by atoms with van der Waals surface area (Å²) in [5.74, 6) is 2.35. The molecule has 2 saturated carbocycles. The number of aryl methyl sites for hydroxylation is 1. The van der Waals surface area contributed by atoms with Gasteiger partial charge in [0.15, 0.2) is 5.65 Å². The summed E-state index contributed by atoms with van der Waals surface area (Å²) in [6, 6.07) is 0. The smallest absolute Gasteiger partial charge is 0.332 e. The number of H-pyrrole nitrogens is 1. The third-order valence-electron chi connectivity index (χ3n) is 6.22. The van der Waals surface area contributed by atoms with Gasteiger partial charge in [0.05, 0.1) is 12.2 Å². The number of rotatable bonds is 5. The first-order valence-electron chi connectivity index (χ1n) is 9.52. The van der Waals surface area contributed by atoms with E-state index in [1.165, 1.54) is 11.0 Å². The number of ether oxygens (including phenoxy) is 1. The van der Waals surface area contributed by atoms with Gasteiger partial charge in [0.1, 0.15) is 11.3 Å². The highest BCUT2D eigenvalue weighted by atomic mass is 16.6. The Bertz CT molecular complexity index is 956. The van der Waals surface area contributed by atoms with E-state index in [1.54, 1.807) is 4.57 Å². The largest absolute Gasteiger partial charge is 0.369 e. The Morgan fingerprint density at radius 1 is 1.12 bits per heavy atom. The van der Waals surface area contributed by atoms with Crippen LogP contribution in [0.1, 0.15) is 51.3 Å². The van der Waals surface area contributed by atoms with Gasteiger partial charge in [-0.1, -0.05) is 13.8 Å². The van der Waals surface area contributed by atoms with E-state index >= 15 is 0 Å². The van der Waals surface area contributed by atoms with Crippen molar-refractivity contribution in [1.82, 2.24) is 19.1 Å². The molecule has 3 fully saturated rings. The summed E-state index contributed by atoms with van der Waals surface area (Å²) in [4.78, 5) is 33.6. The zero-order chi connectivity index (χ0) is 17.3. The summed E-state index contributed by atoms with van der Waals surface area (Å²) in [5.41, 5.74) is 0.525. The molecule has 5 atom stereocenters. The monoisotopic (exact) mass is 344 g/mol. The molecule has 3 heterocycles. The molecule has 2 aromatic rings. The fourth-order valence-electron chi connectivity index (χ4n) is 5.12. The highest BCUT2D eigenvalue weighted by molar-refractivity contribution is 5.70. The van der Waals surface area contributed by atoms with Crippen LogP contribution in [-0.2, 0) is 17.8 Å². The Morgan fingerprint density at radius 3 is 2.56 bits per heavy atom. The van der Waals surface area contributed by atoms with Crippen LogP contribution in [0.4, 0.5) is 0 Å². The van der Waals surface area contributed by atoms with Crippen LogP contribution in [0.5, 0.6) is 0 Å². The van der Waals surface area contributed by atoms with E-state index in [2.05, 4.69) is 4.98 Å². The predicted molar refractivity (Wildman–Crippen MR) is 92.8 cm³/mol. The standard InChI is InChI=1S/C18H24N4O3/c1-3-5-21-16-12(17(23)22(6-4-2)18(21)24)19-15(20-16)11-8-9-7-10(11)14-13(9)25-14/h9-11,13-14H,3-8H2,1-2H3,(H,19,20)/t9?,10?,11?,13-,14+/m1/s1. The lowest BCUT2D eigenvalue weighted by atomic mass is 9.88. The number of aromatic nitrogens is 4. The maximum Gasteiger partial charge on any atom is 0.332 e. The van der Waals surface area contributed by atoms with Crippen molar-refractivity contribution in [2.75, 3.05) is 0 Å². The maximum absolute atomic E-state index is 12.8. The summed E-state index contributed by atoms with van der Waals surface area (Å²) in [6.45, 7) is 5.02. The van der Waals surface area contributed by atoms with Crippen molar-refractivity contribution in [3.63, 3.8) is 0 Å². The van der Waals surface area contributed by atoms with Gasteiger partial charge in [-0.15, -0.1) is 0 Å². The van der Waals surface area contributed by atoms with Gasteiger partial charge in [0.25, 0.3) is 5.56 Å². The van der Waals surface area contributed by atoms with E-state index in [0.717, 1.165) is 25.1 Å². The molecule has 134 valence electrons.